The summed E-state index contributed by atoms with van der Waals surface area (Å²) in [6.45, 7) is 2.52. The highest BCUT2D eigenvalue weighted by molar-refractivity contribution is 6.30. The lowest BCUT2D eigenvalue weighted by atomic mass is 10.0. The molecule has 138 valence electrons. The average molecular weight is 393 g/mol. The molecule has 2 fully saturated rings. The van der Waals surface area contributed by atoms with Gasteiger partial charge in [0.05, 0.1) is 17.4 Å². The Morgan fingerprint density at radius 2 is 1.96 bits per heavy atom. The van der Waals surface area contributed by atoms with E-state index in [0.717, 1.165) is 37.5 Å². The van der Waals surface area contributed by atoms with Crippen molar-refractivity contribution in [1.29, 1.82) is 0 Å². The van der Waals surface area contributed by atoms with Crippen LogP contribution in [0.5, 0.6) is 0 Å². The van der Waals surface area contributed by atoms with Gasteiger partial charge in [0.2, 0.25) is 0 Å². The van der Waals surface area contributed by atoms with E-state index in [4.69, 9.17) is 23.2 Å². The molecule has 0 spiro atoms. The number of halogens is 2. The number of amides is 1. The Labute approximate surface area is 163 Å². The number of aromatic nitrogens is 2. The van der Waals surface area contributed by atoms with Crippen molar-refractivity contribution in [3.63, 3.8) is 0 Å². The highest BCUT2D eigenvalue weighted by Crippen LogP contribution is 2.40. The molecule has 1 aromatic heterocycles. The second-order valence-corrected chi connectivity index (χ2v) is 8.35. The Bertz CT molecular complexity index is 794. The molecule has 1 aliphatic heterocycles. The van der Waals surface area contributed by atoms with Crippen LogP contribution in [0.1, 0.15) is 18.4 Å². The van der Waals surface area contributed by atoms with Crippen molar-refractivity contribution in [2.24, 2.45) is 11.8 Å². The molecule has 1 aromatic carbocycles. The van der Waals surface area contributed by atoms with Crippen LogP contribution in [0.15, 0.2) is 36.7 Å². The molecule has 1 saturated carbocycles. The molecule has 2 aliphatic rings. The fourth-order valence-electron chi connectivity index (χ4n) is 4.39. The van der Waals surface area contributed by atoms with Crippen molar-refractivity contribution in [2.75, 3.05) is 20.1 Å². The van der Waals surface area contributed by atoms with E-state index in [1.165, 1.54) is 16.4 Å². The van der Waals surface area contributed by atoms with Gasteiger partial charge in [0.15, 0.2) is 0 Å². The predicted octanol–water partition coefficient (Wildman–Crippen LogP) is 4.00. The maximum atomic E-state index is 12.5. The second-order valence-electron chi connectivity index (χ2n) is 7.48. The molecule has 3 atom stereocenters. The van der Waals surface area contributed by atoms with Crippen LogP contribution in [0, 0.1) is 11.8 Å². The molecule has 1 saturated heterocycles. The van der Waals surface area contributed by atoms with Crippen molar-refractivity contribution in [2.45, 2.75) is 25.4 Å². The summed E-state index contributed by atoms with van der Waals surface area (Å²) in [6, 6.07) is 8.54. The SMILES string of the molecule is CN(Cc1cccc(Cl)c1)[C@@H]1C[C@@H]2CN(C(=O)n3cc(Cl)cn3)C[C@@H]2C1. The van der Waals surface area contributed by atoms with Gasteiger partial charge in [0, 0.05) is 30.7 Å². The van der Waals surface area contributed by atoms with Crippen molar-refractivity contribution >= 4 is 29.2 Å². The van der Waals surface area contributed by atoms with Crippen LogP contribution in [-0.4, -0.2) is 51.8 Å². The number of hydrogen-bond donors (Lipinski definition) is 0. The summed E-state index contributed by atoms with van der Waals surface area (Å²) in [5.41, 5.74) is 1.24. The fraction of sp³-hybridized carbons (Fsp3) is 0.474. The smallest absolute Gasteiger partial charge is 0.322 e. The maximum absolute atomic E-state index is 12.5. The molecular weight excluding hydrogens is 371 g/mol. The van der Waals surface area contributed by atoms with Gasteiger partial charge < -0.3 is 4.90 Å². The monoisotopic (exact) mass is 392 g/mol. The van der Waals surface area contributed by atoms with Gasteiger partial charge in [-0.05, 0) is 49.4 Å². The first kappa shape index (κ1) is 17.8. The number of nitrogens with zero attached hydrogens (tertiary/aromatic N) is 4. The lowest BCUT2D eigenvalue weighted by Crippen LogP contribution is -2.36. The first-order chi connectivity index (χ1) is 12.5. The quantitative estimate of drug-likeness (QED) is 0.792. The first-order valence-electron chi connectivity index (χ1n) is 8.93. The number of carbonyl (C=O) groups is 1. The van der Waals surface area contributed by atoms with E-state index >= 15 is 0 Å². The zero-order chi connectivity index (χ0) is 18.3. The Morgan fingerprint density at radius 3 is 2.58 bits per heavy atom. The van der Waals surface area contributed by atoms with Gasteiger partial charge in [-0.3, -0.25) is 4.90 Å². The average Bonchev–Trinajstić information content (AvgIpc) is 3.28. The van der Waals surface area contributed by atoms with Gasteiger partial charge in [0.25, 0.3) is 0 Å². The van der Waals surface area contributed by atoms with Crippen molar-refractivity contribution in [3.05, 3.63) is 52.3 Å². The highest BCUT2D eigenvalue weighted by Gasteiger charge is 2.43. The molecule has 0 radical (unpaired) electrons. The number of rotatable bonds is 3. The molecule has 0 N–H and O–H groups in total. The zero-order valence-electron chi connectivity index (χ0n) is 14.7. The van der Waals surface area contributed by atoms with Gasteiger partial charge in [-0.1, -0.05) is 35.3 Å². The molecule has 0 bridgehead atoms. The van der Waals surface area contributed by atoms with Crippen LogP contribution in [0.4, 0.5) is 4.79 Å². The molecule has 2 heterocycles. The lowest BCUT2D eigenvalue weighted by Gasteiger charge is -2.26. The number of carbonyl (C=O) groups excluding carboxylic acids is 1. The summed E-state index contributed by atoms with van der Waals surface area (Å²) >= 11 is 12.0. The van der Waals surface area contributed by atoms with Crippen LogP contribution in [0.2, 0.25) is 10.0 Å². The lowest BCUT2D eigenvalue weighted by molar-refractivity contribution is 0.192. The molecule has 1 aliphatic carbocycles. The number of fused-ring (bicyclic) bond motifs is 1. The Kier molecular flexibility index (Phi) is 4.95. The molecule has 1 amide bonds. The van der Waals surface area contributed by atoms with Crippen molar-refractivity contribution in [3.8, 4) is 0 Å². The Hall–Kier alpha value is -1.56. The maximum Gasteiger partial charge on any atom is 0.344 e. The number of benzene rings is 1. The molecule has 26 heavy (non-hydrogen) atoms. The summed E-state index contributed by atoms with van der Waals surface area (Å²) in [7, 11) is 2.18. The van der Waals surface area contributed by atoms with Gasteiger partial charge in [-0.2, -0.15) is 9.78 Å². The topological polar surface area (TPSA) is 41.4 Å². The second kappa shape index (κ2) is 7.22. The van der Waals surface area contributed by atoms with Gasteiger partial charge >= 0.3 is 6.03 Å². The third-order valence-electron chi connectivity index (χ3n) is 5.69. The van der Waals surface area contributed by atoms with Crippen LogP contribution in [0.25, 0.3) is 0 Å². The van der Waals surface area contributed by atoms with E-state index in [2.05, 4.69) is 23.1 Å². The summed E-state index contributed by atoms with van der Waals surface area (Å²) in [5.74, 6) is 1.13. The molecule has 2 aromatic rings. The third kappa shape index (κ3) is 3.61. The van der Waals surface area contributed by atoms with Crippen LogP contribution in [0.3, 0.4) is 0 Å². The Balaban J connectivity index is 1.34. The standard InChI is InChI=1S/C19H22Cl2N4O/c1-23(9-13-3-2-4-16(20)5-13)18-6-14-10-24(11-15(14)7-18)19(26)25-12-17(21)8-22-25/h2-5,8,12,14-15,18H,6-7,9-11H2,1H3/t14-,15+,18-. The van der Waals surface area contributed by atoms with Gasteiger partial charge in [0.1, 0.15) is 0 Å². The molecule has 0 unspecified atom stereocenters. The van der Waals surface area contributed by atoms with Crippen LogP contribution in [-0.2, 0) is 6.54 Å². The largest absolute Gasteiger partial charge is 0.344 e. The van der Waals surface area contributed by atoms with E-state index in [1.807, 2.05) is 23.1 Å². The minimum absolute atomic E-state index is 0.0740. The van der Waals surface area contributed by atoms with Crippen molar-refractivity contribution < 1.29 is 4.79 Å². The molecule has 5 nitrogen and oxygen atoms in total. The summed E-state index contributed by atoms with van der Waals surface area (Å²) < 4.78 is 1.34. The number of hydrogen-bond acceptors (Lipinski definition) is 3. The zero-order valence-corrected chi connectivity index (χ0v) is 16.2. The van der Waals surface area contributed by atoms with E-state index in [1.54, 1.807) is 6.20 Å². The van der Waals surface area contributed by atoms with Gasteiger partial charge in [-0.15, -0.1) is 0 Å². The predicted molar refractivity (Wildman–Crippen MR) is 103 cm³/mol. The first-order valence-corrected chi connectivity index (χ1v) is 9.69. The summed E-state index contributed by atoms with van der Waals surface area (Å²) in [6.07, 6.45) is 5.33. The molecule has 7 heteroatoms. The van der Waals surface area contributed by atoms with Crippen molar-refractivity contribution in [1.82, 2.24) is 19.6 Å². The number of likely N-dealkylation sites (tertiary alicyclic amines) is 1. The minimum Gasteiger partial charge on any atom is -0.322 e. The fourth-order valence-corrected chi connectivity index (χ4v) is 4.74. The normalized spacial score (nSPS) is 25.1. The Morgan fingerprint density at radius 1 is 1.23 bits per heavy atom. The summed E-state index contributed by atoms with van der Waals surface area (Å²) in [5, 5.41) is 5.30. The van der Waals surface area contributed by atoms with E-state index in [-0.39, 0.29) is 6.03 Å². The van der Waals surface area contributed by atoms with E-state index in [9.17, 15) is 4.79 Å². The molecular formula is C19H22Cl2N4O. The molecule has 4 rings (SSSR count). The van der Waals surface area contributed by atoms with E-state index in [0.29, 0.717) is 22.9 Å². The highest BCUT2D eigenvalue weighted by atomic mass is 35.5. The third-order valence-corrected chi connectivity index (χ3v) is 6.12. The van der Waals surface area contributed by atoms with Crippen LogP contribution >= 0.6 is 23.2 Å². The summed E-state index contributed by atoms with van der Waals surface area (Å²) in [4.78, 5) is 16.9. The minimum atomic E-state index is -0.0740. The van der Waals surface area contributed by atoms with Gasteiger partial charge in [-0.25, -0.2) is 4.79 Å². The van der Waals surface area contributed by atoms with E-state index < -0.39 is 0 Å². The van der Waals surface area contributed by atoms with Crippen LogP contribution < -0.4 is 0 Å².